The molecule has 0 aromatic carbocycles. The van der Waals surface area contributed by atoms with Crippen molar-refractivity contribution >= 4 is 23.5 Å². The molecule has 5 rings (SSSR count). The van der Waals surface area contributed by atoms with Crippen molar-refractivity contribution in [2.75, 3.05) is 11.9 Å². The van der Waals surface area contributed by atoms with Gasteiger partial charge in [0, 0.05) is 36.8 Å². The Hall–Kier alpha value is -2.19. The SMILES string of the molecule is Cn1ncc(-c2nc(NC3CCC(NCCCCC(=O)OC4CCCCCCC4)CC3)ncc2Cl)c1CC1CC1. The van der Waals surface area contributed by atoms with Crippen LogP contribution in [-0.2, 0) is 23.0 Å². The van der Waals surface area contributed by atoms with Crippen molar-refractivity contribution in [2.24, 2.45) is 13.0 Å². The van der Waals surface area contributed by atoms with Crippen LogP contribution < -0.4 is 10.6 Å². The van der Waals surface area contributed by atoms with Crippen LogP contribution in [0.1, 0.15) is 108 Å². The molecule has 8 nitrogen and oxygen atoms in total. The summed E-state index contributed by atoms with van der Waals surface area (Å²) >= 11 is 6.55. The van der Waals surface area contributed by atoms with Gasteiger partial charge in [0.1, 0.15) is 6.10 Å². The van der Waals surface area contributed by atoms with Gasteiger partial charge in [-0.1, -0.05) is 30.9 Å². The van der Waals surface area contributed by atoms with Gasteiger partial charge in [-0.2, -0.15) is 5.10 Å². The molecule has 3 saturated carbocycles. The van der Waals surface area contributed by atoms with Crippen LogP contribution >= 0.6 is 11.6 Å². The van der Waals surface area contributed by atoms with E-state index in [1.165, 1.54) is 50.6 Å². The molecule has 3 fully saturated rings. The average molecular weight is 571 g/mol. The summed E-state index contributed by atoms with van der Waals surface area (Å²) in [7, 11) is 2.00. The number of ether oxygens (including phenoxy) is 1. The van der Waals surface area contributed by atoms with E-state index in [0.717, 1.165) is 81.5 Å². The molecule has 0 aliphatic heterocycles. The molecule has 2 aromatic rings. The van der Waals surface area contributed by atoms with Crippen LogP contribution in [0.5, 0.6) is 0 Å². The van der Waals surface area contributed by atoms with E-state index in [1.807, 2.05) is 17.9 Å². The van der Waals surface area contributed by atoms with E-state index >= 15 is 0 Å². The number of nitrogens with zero attached hydrogens (tertiary/aromatic N) is 4. The van der Waals surface area contributed by atoms with Gasteiger partial charge in [-0.15, -0.1) is 0 Å². The molecule has 0 bridgehead atoms. The number of anilines is 1. The molecule has 0 spiro atoms. The Morgan fingerprint density at radius 3 is 2.45 bits per heavy atom. The van der Waals surface area contributed by atoms with Crippen molar-refractivity contribution < 1.29 is 9.53 Å². The van der Waals surface area contributed by atoms with Crippen LogP contribution in [-0.4, -0.2) is 50.5 Å². The van der Waals surface area contributed by atoms with Crippen LogP contribution in [0.3, 0.4) is 0 Å². The molecular formula is C31H47ClN6O2. The van der Waals surface area contributed by atoms with E-state index in [0.29, 0.717) is 29.5 Å². The summed E-state index contributed by atoms with van der Waals surface area (Å²) in [6.07, 6.45) is 22.6. The maximum absolute atomic E-state index is 12.3. The number of halogens is 1. The zero-order chi connectivity index (χ0) is 27.7. The maximum atomic E-state index is 12.3. The zero-order valence-electron chi connectivity index (χ0n) is 24.2. The van der Waals surface area contributed by atoms with Crippen molar-refractivity contribution in [3.63, 3.8) is 0 Å². The molecule has 2 heterocycles. The normalized spacial score (nSPS) is 22.4. The number of rotatable bonds is 12. The first-order valence-corrected chi connectivity index (χ1v) is 16.2. The lowest BCUT2D eigenvalue weighted by molar-refractivity contribution is -0.150. The lowest BCUT2D eigenvalue weighted by Gasteiger charge is -2.30. The van der Waals surface area contributed by atoms with Gasteiger partial charge in [-0.25, -0.2) is 9.97 Å². The van der Waals surface area contributed by atoms with Gasteiger partial charge in [-0.05, 0) is 95.9 Å². The van der Waals surface area contributed by atoms with Crippen LogP contribution in [0.4, 0.5) is 5.95 Å². The highest BCUT2D eigenvalue weighted by molar-refractivity contribution is 6.32. The molecule has 0 unspecified atom stereocenters. The maximum Gasteiger partial charge on any atom is 0.306 e. The highest BCUT2D eigenvalue weighted by Gasteiger charge is 2.27. The molecule has 220 valence electrons. The fraction of sp³-hybridized carbons (Fsp3) is 0.742. The van der Waals surface area contributed by atoms with Gasteiger partial charge in [0.05, 0.1) is 23.1 Å². The molecule has 3 aliphatic rings. The summed E-state index contributed by atoms with van der Waals surface area (Å²) in [5.41, 5.74) is 2.99. The molecule has 3 aliphatic carbocycles. The molecule has 2 N–H and O–H groups in total. The smallest absolute Gasteiger partial charge is 0.306 e. The third kappa shape index (κ3) is 8.65. The van der Waals surface area contributed by atoms with E-state index in [9.17, 15) is 4.79 Å². The summed E-state index contributed by atoms with van der Waals surface area (Å²) in [6.45, 7) is 0.956. The van der Waals surface area contributed by atoms with Gasteiger partial charge in [0.15, 0.2) is 0 Å². The molecule has 40 heavy (non-hydrogen) atoms. The first-order valence-electron chi connectivity index (χ1n) is 15.8. The standard InChI is InChI=1S/C31H47ClN6O2/c1-38-28(19-22-12-13-22)26(20-35-38)30-27(32)21-34-31(37-30)36-24-16-14-23(15-17-24)33-18-8-7-11-29(39)40-25-9-5-3-2-4-6-10-25/h20-25,33H,2-19H2,1H3,(H,34,36,37). The summed E-state index contributed by atoms with van der Waals surface area (Å²) in [6, 6.07) is 0.886. The van der Waals surface area contributed by atoms with Crippen LogP contribution in [0, 0.1) is 5.92 Å². The van der Waals surface area contributed by atoms with Crippen LogP contribution in [0.2, 0.25) is 5.02 Å². The zero-order valence-corrected chi connectivity index (χ0v) is 24.9. The number of carbonyl (C=O) groups is 1. The Morgan fingerprint density at radius 2 is 1.70 bits per heavy atom. The van der Waals surface area contributed by atoms with Crippen LogP contribution in [0.15, 0.2) is 12.4 Å². The molecular weight excluding hydrogens is 524 g/mol. The number of carbonyl (C=O) groups excluding carboxylic acids is 1. The van der Waals surface area contributed by atoms with Crippen molar-refractivity contribution in [3.8, 4) is 11.3 Å². The van der Waals surface area contributed by atoms with Gasteiger partial charge in [0.25, 0.3) is 0 Å². The second-order valence-corrected chi connectivity index (χ2v) is 12.6. The number of aryl methyl sites for hydroxylation is 1. The Kier molecular flexibility index (Phi) is 10.7. The van der Waals surface area contributed by atoms with E-state index < -0.39 is 0 Å². The topological polar surface area (TPSA) is 94.0 Å². The largest absolute Gasteiger partial charge is 0.462 e. The molecule has 0 saturated heterocycles. The van der Waals surface area contributed by atoms with E-state index in [2.05, 4.69) is 20.7 Å². The van der Waals surface area contributed by atoms with Crippen molar-refractivity contribution in [1.29, 1.82) is 0 Å². The monoisotopic (exact) mass is 570 g/mol. The fourth-order valence-electron chi connectivity index (χ4n) is 6.23. The quantitative estimate of drug-likeness (QED) is 0.219. The van der Waals surface area contributed by atoms with E-state index in [-0.39, 0.29) is 12.1 Å². The van der Waals surface area contributed by atoms with Gasteiger partial charge in [-0.3, -0.25) is 9.48 Å². The predicted octanol–water partition coefficient (Wildman–Crippen LogP) is 6.62. The van der Waals surface area contributed by atoms with Gasteiger partial charge >= 0.3 is 5.97 Å². The Labute approximate surface area is 244 Å². The van der Waals surface area contributed by atoms with Crippen molar-refractivity contribution in [1.82, 2.24) is 25.1 Å². The van der Waals surface area contributed by atoms with Gasteiger partial charge in [0.2, 0.25) is 5.95 Å². The summed E-state index contributed by atoms with van der Waals surface area (Å²) < 4.78 is 7.72. The second kappa shape index (κ2) is 14.6. The molecule has 0 amide bonds. The lowest BCUT2D eigenvalue weighted by Crippen LogP contribution is -2.37. The number of aromatic nitrogens is 4. The highest BCUT2D eigenvalue weighted by atomic mass is 35.5. The molecule has 9 heteroatoms. The minimum Gasteiger partial charge on any atom is -0.462 e. The predicted molar refractivity (Wildman–Crippen MR) is 159 cm³/mol. The summed E-state index contributed by atoms with van der Waals surface area (Å²) in [4.78, 5) is 21.6. The number of nitrogens with one attached hydrogen (secondary N) is 2. The van der Waals surface area contributed by atoms with Gasteiger partial charge < -0.3 is 15.4 Å². The second-order valence-electron chi connectivity index (χ2n) is 12.2. The van der Waals surface area contributed by atoms with E-state index in [1.54, 1.807) is 6.20 Å². The third-order valence-electron chi connectivity index (χ3n) is 8.89. The fourth-order valence-corrected chi connectivity index (χ4v) is 6.42. The Balaban J connectivity index is 0.998. The lowest BCUT2D eigenvalue weighted by atomic mass is 9.91. The Bertz CT molecular complexity index is 1090. The van der Waals surface area contributed by atoms with Crippen LogP contribution in [0.25, 0.3) is 11.3 Å². The third-order valence-corrected chi connectivity index (χ3v) is 9.17. The highest BCUT2D eigenvalue weighted by Crippen LogP contribution is 2.37. The Morgan fingerprint density at radius 1 is 0.975 bits per heavy atom. The number of hydrogen-bond donors (Lipinski definition) is 2. The molecule has 0 atom stereocenters. The molecule has 0 radical (unpaired) electrons. The minimum atomic E-state index is -0.00704. The average Bonchev–Trinajstić information content (AvgIpc) is 3.69. The van der Waals surface area contributed by atoms with Crippen molar-refractivity contribution in [3.05, 3.63) is 23.1 Å². The number of unbranched alkanes of at least 4 members (excludes halogenated alkanes) is 1. The number of esters is 1. The minimum absolute atomic E-state index is 0.00704. The van der Waals surface area contributed by atoms with E-state index in [4.69, 9.17) is 21.3 Å². The first kappa shape index (κ1) is 29.3. The first-order chi connectivity index (χ1) is 19.5. The summed E-state index contributed by atoms with van der Waals surface area (Å²) in [5, 5.41) is 12.3. The number of hydrogen-bond acceptors (Lipinski definition) is 7. The molecule has 2 aromatic heterocycles. The summed E-state index contributed by atoms with van der Waals surface area (Å²) in [5.74, 6) is 1.39. The van der Waals surface area contributed by atoms with Crippen molar-refractivity contribution in [2.45, 2.75) is 127 Å².